The minimum absolute atomic E-state index is 0.242. The van der Waals surface area contributed by atoms with Crippen LogP contribution in [0.4, 0.5) is 0 Å². The van der Waals surface area contributed by atoms with Crippen molar-refractivity contribution in [1.29, 1.82) is 0 Å². The van der Waals surface area contributed by atoms with Gasteiger partial charge in [0.05, 0.1) is 38.6 Å². The molecule has 0 aromatic carbocycles. The predicted molar refractivity (Wildman–Crippen MR) is 447 cm³/mol. The number of unbranched alkanes of at least 4 members (excludes halogenated alkanes) is 40. The molecule has 3 saturated heterocycles. The fraction of sp³-hybridized carbons (Fsp3) is 0.815. The number of aliphatic hydroxyl groups excluding tert-OH is 11. The van der Waals surface area contributed by atoms with E-state index in [0.29, 0.717) is 12.8 Å². The van der Waals surface area contributed by atoms with Crippen molar-refractivity contribution in [2.24, 2.45) is 0 Å². The second-order valence-electron chi connectivity index (χ2n) is 31.7. The first-order valence-electron chi connectivity index (χ1n) is 45.0. The molecular formula is C92H163NO18. The molecule has 3 aliphatic rings. The molecule has 0 bridgehead atoms. The molecular weight excluding hydrogens is 1410 g/mol. The molecule has 0 saturated carbocycles. The zero-order chi connectivity index (χ0) is 80.3. The number of hydrogen-bond acceptors (Lipinski definition) is 18. The minimum Gasteiger partial charge on any atom is -0.394 e. The van der Waals surface area contributed by atoms with Crippen molar-refractivity contribution in [1.82, 2.24) is 5.32 Å². The molecule has 12 N–H and O–H groups in total. The van der Waals surface area contributed by atoms with Crippen molar-refractivity contribution in [2.75, 3.05) is 26.4 Å². The Labute approximate surface area is 673 Å². The molecule has 3 rings (SSSR count). The number of amides is 1. The van der Waals surface area contributed by atoms with Gasteiger partial charge in [-0.25, -0.2) is 0 Å². The van der Waals surface area contributed by atoms with Gasteiger partial charge in [0.25, 0.3) is 0 Å². The SMILES string of the molecule is CC/C=C\C/C=C\C/C=C\C/C=C\C/C=C\C/C=C\C/C=C\C/C=C\CCCCCCCCCCCCCCCCC(=O)NC(COC1OC(CO)C(OC2OC(CO)C(OC3OC(CO)C(O)C(O)C3O)C(O)C2O)C(O)C1O)C(O)CCCCCCCCCCCCCCCCCCCCCCCCCCCCC. The summed E-state index contributed by atoms with van der Waals surface area (Å²) in [5.41, 5.74) is 0. The standard InChI is InChI=1S/C92H163NO18/c1-3-5-7-9-11-13-15-17-19-21-23-25-27-29-31-32-33-34-35-36-37-38-39-40-41-42-44-46-48-50-52-54-56-58-60-62-64-66-68-70-80(98)93-75(76(97)69-67-65-63-61-59-57-55-53-51-49-47-45-43-30-28-26-24-22-20-18-16-14-12-10-8-6-4-2)74-106-90-86(104)83(101)88(78(72-95)108-90)111-92-87(105)84(102)89(79(73-96)109-92)110-91-85(103)82(100)81(99)77(71-94)107-91/h5,7,11,13,17,19,23,25,29,31,33-34,36-37,39-40,75-79,81-92,94-97,99-105H,3-4,6,8-10,12,14-16,18,20-22,24,26-28,30,32,35,38,41-74H2,1-2H3,(H,93,98)/b7-5-,13-11-,19-17-,25-23-,31-29-,34-33-,37-36-,40-39-. The molecule has 111 heavy (non-hydrogen) atoms. The van der Waals surface area contributed by atoms with Crippen LogP contribution in [0.15, 0.2) is 97.2 Å². The van der Waals surface area contributed by atoms with Crippen LogP contribution in [-0.2, 0) is 33.2 Å². The third kappa shape index (κ3) is 49.5. The molecule has 0 aromatic rings. The quantitative estimate of drug-likeness (QED) is 0.0199. The maximum Gasteiger partial charge on any atom is 0.220 e. The topological polar surface area (TPSA) is 307 Å². The molecule has 19 heteroatoms. The van der Waals surface area contributed by atoms with Crippen molar-refractivity contribution in [3.63, 3.8) is 0 Å². The highest BCUT2D eigenvalue weighted by Crippen LogP contribution is 2.34. The van der Waals surface area contributed by atoms with Gasteiger partial charge >= 0.3 is 0 Å². The molecule has 17 unspecified atom stereocenters. The molecule has 0 aromatic heterocycles. The van der Waals surface area contributed by atoms with Crippen LogP contribution < -0.4 is 5.32 Å². The molecule has 3 fully saturated rings. The Morgan fingerprint density at radius 3 is 0.973 bits per heavy atom. The van der Waals surface area contributed by atoms with Gasteiger partial charge in [-0.1, -0.05) is 361 Å². The van der Waals surface area contributed by atoms with Gasteiger partial charge in [0.2, 0.25) is 5.91 Å². The average Bonchev–Trinajstić information content (AvgIpc) is 0.780. The number of rotatable bonds is 72. The summed E-state index contributed by atoms with van der Waals surface area (Å²) in [6, 6.07) is -0.894. The summed E-state index contributed by atoms with van der Waals surface area (Å²) in [7, 11) is 0. The monoisotopic (exact) mass is 1570 g/mol. The fourth-order valence-electron chi connectivity index (χ4n) is 14.8. The fourth-order valence-corrected chi connectivity index (χ4v) is 14.8. The van der Waals surface area contributed by atoms with Crippen LogP contribution in [0.5, 0.6) is 0 Å². The van der Waals surface area contributed by atoms with Gasteiger partial charge in [-0.2, -0.15) is 0 Å². The Morgan fingerprint density at radius 1 is 0.333 bits per heavy atom. The molecule has 17 atom stereocenters. The summed E-state index contributed by atoms with van der Waals surface area (Å²) in [5.74, 6) is -0.242. The lowest BCUT2D eigenvalue weighted by Crippen LogP contribution is -2.66. The Morgan fingerprint density at radius 2 is 0.622 bits per heavy atom. The van der Waals surface area contributed by atoms with E-state index < -0.39 is 124 Å². The largest absolute Gasteiger partial charge is 0.394 e. The first kappa shape index (κ1) is 102. The lowest BCUT2D eigenvalue weighted by atomic mass is 9.96. The lowest BCUT2D eigenvalue weighted by Gasteiger charge is -2.48. The number of nitrogens with one attached hydrogen (secondary N) is 1. The van der Waals surface area contributed by atoms with Gasteiger partial charge in [-0.3, -0.25) is 4.79 Å². The first-order chi connectivity index (χ1) is 54.3. The smallest absolute Gasteiger partial charge is 0.220 e. The average molecular weight is 1570 g/mol. The third-order valence-electron chi connectivity index (χ3n) is 21.9. The van der Waals surface area contributed by atoms with E-state index in [0.717, 1.165) is 103 Å². The maximum atomic E-state index is 13.5. The van der Waals surface area contributed by atoms with Gasteiger partial charge in [0.15, 0.2) is 18.9 Å². The molecule has 1 amide bonds. The van der Waals surface area contributed by atoms with Gasteiger partial charge in [-0.05, 0) is 77.0 Å². The van der Waals surface area contributed by atoms with Crippen molar-refractivity contribution < 1.29 is 89.4 Å². The predicted octanol–water partition coefficient (Wildman–Crippen LogP) is 17.1. The zero-order valence-electron chi connectivity index (χ0n) is 69.4. The van der Waals surface area contributed by atoms with Gasteiger partial charge < -0.3 is 89.9 Å². The van der Waals surface area contributed by atoms with Crippen LogP contribution in [-0.4, -0.2) is 193 Å². The van der Waals surface area contributed by atoms with E-state index in [1.54, 1.807) is 0 Å². The summed E-state index contributed by atoms with van der Waals surface area (Å²) in [5, 5.41) is 121. The normalized spacial score (nSPS) is 25.5. The van der Waals surface area contributed by atoms with Crippen molar-refractivity contribution in [2.45, 2.75) is 452 Å². The Kier molecular flexibility index (Phi) is 65.1. The van der Waals surface area contributed by atoms with E-state index in [9.17, 15) is 61.0 Å². The molecule has 19 nitrogen and oxygen atoms in total. The molecule has 3 aliphatic heterocycles. The summed E-state index contributed by atoms with van der Waals surface area (Å²) in [6.07, 6.45) is 70.7. The van der Waals surface area contributed by atoms with E-state index >= 15 is 0 Å². The first-order valence-corrected chi connectivity index (χ1v) is 45.0. The Bertz CT molecular complexity index is 2380. The Balaban J connectivity index is 1.32. The lowest BCUT2D eigenvalue weighted by molar-refractivity contribution is -0.379. The summed E-state index contributed by atoms with van der Waals surface area (Å²) < 4.78 is 34.6. The maximum absolute atomic E-state index is 13.5. The highest BCUT2D eigenvalue weighted by atomic mass is 16.8. The van der Waals surface area contributed by atoms with Crippen molar-refractivity contribution >= 4 is 5.91 Å². The van der Waals surface area contributed by atoms with Crippen LogP contribution in [0.25, 0.3) is 0 Å². The molecule has 0 radical (unpaired) electrons. The van der Waals surface area contributed by atoms with E-state index in [2.05, 4.69) is 116 Å². The van der Waals surface area contributed by atoms with Crippen molar-refractivity contribution in [3.05, 3.63) is 97.2 Å². The van der Waals surface area contributed by atoms with E-state index in [1.165, 1.54) is 212 Å². The number of carbonyl (C=O) groups excluding carboxylic acids is 1. The number of ether oxygens (including phenoxy) is 6. The number of allylic oxidation sites excluding steroid dienone is 16. The highest BCUT2D eigenvalue weighted by Gasteiger charge is 2.54. The van der Waals surface area contributed by atoms with Crippen LogP contribution in [0.1, 0.15) is 348 Å². The summed E-state index contributed by atoms with van der Waals surface area (Å²) in [4.78, 5) is 13.5. The van der Waals surface area contributed by atoms with Crippen molar-refractivity contribution in [3.8, 4) is 0 Å². The second kappa shape index (κ2) is 70.9. The minimum atomic E-state index is -1.98. The van der Waals surface area contributed by atoms with Gasteiger partial charge in [0.1, 0.15) is 73.2 Å². The number of hydrogen-bond donors (Lipinski definition) is 12. The summed E-state index contributed by atoms with van der Waals surface area (Å²) in [6.45, 7) is 1.73. The van der Waals surface area contributed by atoms with Crippen LogP contribution >= 0.6 is 0 Å². The molecule has 0 aliphatic carbocycles. The number of carbonyl (C=O) groups is 1. The Hall–Kier alpha value is -3.29. The van der Waals surface area contributed by atoms with Crippen LogP contribution in [0.3, 0.4) is 0 Å². The molecule has 3 heterocycles. The highest BCUT2D eigenvalue weighted by molar-refractivity contribution is 5.76. The molecule has 0 spiro atoms. The second-order valence-corrected chi connectivity index (χ2v) is 31.7. The molecule has 644 valence electrons. The van der Waals surface area contributed by atoms with Gasteiger partial charge in [-0.15, -0.1) is 0 Å². The zero-order valence-corrected chi connectivity index (χ0v) is 69.4. The van der Waals surface area contributed by atoms with Crippen LogP contribution in [0.2, 0.25) is 0 Å². The van der Waals surface area contributed by atoms with Gasteiger partial charge in [0, 0.05) is 6.42 Å². The van der Waals surface area contributed by atoms with E-state index in [4.69, 9.17) is 28.4 Å². The number of aliphatic hydroxyl groups is 11. The van der Waals surface area contributed by atoms with E-state index in [1.807, 2.05) is 0 Å². The third-order valence-corrected chi connectivity index (χ3v) is 21.9. The van der Waals surface area contributed by atoms with E-state index in [-0.39, 0.29) is 18.9 Å². The summed E-state index contributed by atoms with van der Waals surface area (Å²) >= 11 is 0. The van der Waals surface area contributed by atoms with Crippen LogP contribution in [0, 0.1) is 0 Å².